The van der Waals surface area contributed by atoms with Gasteiger partial charge in [0.2, 0.25) is 0 Å². The van der Waals surface area contributed by atoms with Crippen LogP contribution in [0.3, 0.4) is 0 Å². The van der Waals surface area contributed by atoms with Gasteiger partial charge in [-0.05, 0) is 31.2 Å². The Morgan fingerprint density at radius 3 is 2.48 bits per heavy atom. The lowest BCUT2D eigenvalue weighted by atomic mass is 10.2. The molecule has 2 aromatic rings. The van der Waals surface area contributed by atoms with Crippen LogP contribution in [0.15, 0.2) is 66.4 Å². The molecule has 0 aromatic heterocycles. The second-order valence-corrected chi connectivity index (χ2v) is 4.75. The third-order valence-electron chi connectivity index (χ3n) is 3.23. The molecule has 2 aromatic carbocycles. The zero-order valence-corrected chi connectivity index (χ0v) is 12.7. The fraction of sp³-hybridized carbons (Fsp3) is 0.111. The molecule has 0 unspecified atom stereocenters. The summed E-state index contributed by atoms with van der Waals surface area (Å²) in [7, 11) is 0. The zero-order chi connectivity index (χ0) is 16.7. The maximum Gasteiger partial charge on any atom is 0.267 e. The lowest BCUT2D eigenvalue weighted by Crippen LogP contribution is -2.20. The number of nitriles is 1. The van der Waals surface area contributed by atoms with E-state index in [1.54, 1.807) is 18.2 Å². The summed E-state index contributed by atoms with van der Waals surface area (Å²) in [6.07, 6.45) is 1.50. The average molecular weight is 307 g/mol. The summed E-state index contributed by atoms with van der Waals surface area (Å²) in [4.78, 5) is 14.0. The number of aromatic hydroxyl groups is 1. The fourth-order valence-electron chi connectivity index (χ4n) is 2.03. The molecule has 5 nitrogen and oxygen atoms in total. The largest absolute Gasteiger partial charge is 0.506 e. The van der Waals surface area contributed by atoms with Gasteiger partial charge in [-0.2, -0.15) is 5.26 Å². The second kappa shape index (κ2) is 7.66. The second-order valence-electron chi connectivity index (χ2n) is 4.75. The number of hydrogen-bond acceptors (Lipinski definition) is 4. The Hall–Kier alpha value is -3.26. The van der Waals surface area contributed by atoms with Crippen LogP contribution in [0.1, 0.15) is 6.92 Å². The molecule has 1 amide bonds. The summed E-state index contributed by atoms with van der Waals surface area (Å²) in [5.74, 6) is -0.614. The number of carbonyl (C=O) groups excluding carboxylic acids is 1. The molecule has 0 atom stereocenters. The maximum absolute atomic E-state index is 12.2. The van der Waals surface area contributed by atoms with Gasteiger partial charge in [0.1, 0.15) is 17.4 Å². The van der Waals surface area contributed by atoms with E-state index < -0.39 is 5.91 Å². The van der Waals surface area contributed by atoms with Crippen molar-refractivity contribution in [3.63, 3.8) is 0 Å². The van der Waals surface area contributed by atoms with Gasteiger partial charge in [0.15, 0.2) is 0 Å². The van der Waals surface area contributed by atoms with Crippen molar-refractivity contribution >= 4 is 17.3 Å². The third kappa shape index (κ3) is 4.11. The molecule has 5 heteroatoms. The SMILES string of the molecule is CCN(/C=C(/C#N)C(=O)Nc1ccccc1O)c1ccccc1. The molecule has 0 bridgehead atoms. The molecule has 116 valence electrons. The topological polar surface area (TPSA) is 76.4 Å². The molecule has 0 fully saturated rings. The highest BCUT2D eigenvalue weighted by molar-refractivity contribution is 6.07. The van der Waals surface area contributed by atoms with Crippen LogP contribution < -0.4 is 10.2 Å². The van der Waals surface area contributed by atoms with Crippen LogP contribution in [-0.4, -0.2) is 17.6 Å². The molecule has 0 spiro atoms. The first-order valence-corrected chi connectivity index (χ1v) is 7.18. The first kappa shape index (κ1) is 16.1. The molecule has 0 radical (unpaired) electrons. The van der Waals surface area contributed by atoms with Gasteiger partial charge >= 0.3 is 0 Å². The van der Waals surface area contributed by atoms with E-state index in [1.807, 2.05) is 48.2 Å². The predicted octanol–water partition coefficient (Wildman–Crippen LogP) is 3.26. The number of phenols is 1. The number of anilines is 2. The van der Waals surface area contributed by atoms with E-state index in [4.69, 9.17) is 0 Å². The molecular formula is C18H17N3O2. The van der Waals surface area contributed by atoms with Crippen molar-refractivity contribution in [2.75, 3.05) is 16.8 Å². The van der Waals surface area contributed by atoms with Crippen molar-refractivity contribution in [3.8, 4) is 11.8 Å². The average Bonchev–Trinajstić information content (AvgIpc) is 2.58. The maximum atomic E-state index is 12.2. The number of carbonyl (C=O) groups is 1. The number of amides is 1. The summed E-state index contributed by atoms with van der Waals surface area (Å²) in [6.45, 7) is 2.54. The Morgan fingerprint density at radius 2 is 1.87 bits per heavy atom. The minimum absolute atomic E-state index is 0.0426. The zero-order valence-electron chi connectivity index (χ0n) is 12.7. The van der Waals surface area contributed by atoms with Crippen LogP contribution in [0.4, 0.5) is 11.4 Å². The van der Waals surface area contributed by atoms with Crippen LogP contribution >= 0.6 is 0 Å². The van der Waals surface area contributed by atoms with Gasteiger partial charge in [-0.25, -0.2) is 0 Å². The van der Waals surface area contributed by atoms with E-state index in [0.29, 0.717) is 6.54 Å². The first-order chi connectivity index (χ1) is 11.2. The molecule has 0 aliphatic heterocycles. The highest BCUT2D eigenvalue weighted by Gasteiger charge is 2.13. The van der Waals surface area contributed by atoms with Crippen molar-refractivity contribution in [1.29, 1.82) is 5.26 Å². The van der Waals surface area contributed by atoms with Crippen molar-refractivity contribution < 1.29 is 9.90 Å². The first-order valence-electron chi connectivity index (χ1n) is 7.18. The molecule has 23 heavy (non-hydrogen) atoms. The Morgan fingerprint density at radius 1 is 1.22 bits per heavy atom. The van der Waals surface area contributed by atoms with E-state index in [9.17, 15) is 15.2 Å². The minimum Gasteiger partial charge on any atom is -0.506 e. The molecule has 2 N–H and O–H groups in total. The van der Waals surface area contributed by atoms with Gasteiger partial charge in [-0.1, -0.05) is 30.3 Å². The van der Waals surface area contributed by atoms with Gasteiger partial charge in [0, 0.05) is 18.4 Å². The minimum atomic E-state index is -0.566. The summed E-state index contributed by atoms with van der Waals surface area (Å²) < 4.78 is 0. The number of rotatable bonds is 5. The van der Waals surface area contributed by atoms with Crippen LogP contribution in [-0.2, 0) is 4.79 Å². The van der Waals surface area contributed by atoms with E-state index >= 15 is 0 Å². The van der Waals surface area contributed by atoms with Gasteiger partial charge in [0.25, 0.3) is 5.91 Å². The summed E-state index contributed by atoms with van der Waals surface area (Å²) in [6, 6.07) is 17.8. The van der Waals surface area contributed by atoms with E-state index in [2.05, 4.69) is 5.32 Å². The van der Waals surface area contributed by atoms with Crippen molar-refractivity contribution in [3.05, 3.63) is 66.4 Å². The number of hydrogen-bond donors (Lipinski definition) is 2. The monoisotopic (exact) mass is 307 g/mol. The molecule has 0 saturated carbocycles. The number of para-hydroxylation sites is 3. The van der Waals surface area contributed by atoms with Crippen LogP contribution in [0.5, 0.6) is 5.75 Å². The van der Waals surface area contributed by atoms with Crippen molar-refractivity contribution in [2.45, 2.75) is 6.92 Å². The smallest absolute Gasteiger partial charge is 0.267 e. The van der Waals surface area contributed by atoms with Gasteiger partial charge < -0.3 is 15.3 Å². The van der Waals surface area contributed by atoms with Crippen LogP contribution in [0.25, 0.3) is 0 Å². The van der Waals surface area contributed by atoms with E-state index in [-0.39, 0.29) is 17.0 Å². The van der Waals surface area contributed by atoms with Gasteiger partial charge in [-0.15, -0.1) is 0 Å². The van der Waals surface area contributed by atoms with Crippen molar-refractivity contribution in [2.24, 2.45) is 0 Å². The van der Waals surface area contributed by atoms with Crippen LogP contribution in [0.2, 0.25) is 0 Å². The van der Waals surface area contributed by atoms with Crippen molar-refractivity contribution in [1.82, 2.24) is 0 Å². The molecule has 0 aliphatic carbocycles. The summed E-state index contributed by atoms with van der Waals surface area (Å²) >= 11 is 0. The number of nitrogens with zero attached hydrogens (tertiary/aromatic N) is 2. The Kier molecular flexibility index (Phi) is 5.37. The van der Waals surface area contributed by atoms with E-state index in [1.165, 1.54) is 12.3 Å². The normalized spacial score (nSPS) is 10.7. The molecule has 0 aliphatic rings. The van der Waals surface area contributed by atoms with E-state index in [0.717, 1.165) is 5.69 Å². The number of nitrogens with one attached hydrogen (secondary N) is 1. The fourth-order valence-corrected chi connectivity index (χ4v) is 2.03. The highest BCUT2D eigenvalue weighted by Crippen LogP contribution is 2.22. The third-order valence-corrected chi connectivity index (χ3v) is 3.23. The number of phenolic OH excluding ortho intramolecular Hbond substituents is 1. The lowest BCUT2D eigenvalue weighted by Gasteiger charge is -2.18. The van der Waals surface area contributed by atoms with Crippen LogP contribution in [0, 0.1) is 11.3 Å². The van der Waals surface area contributed by atoms with Gasteiger partial charge in [-0.3, -0.25) is 4.79 Å². The standard InChI is InChI=1S/C18H17N3O2/c1-2-21(15-8-4-3-5-9-15)13-14(12-19)18(23)20-16-10-6-7-11-17(16)22/h3-11,13,22H,2H2,1H3,(H,20,23)/b14-13-. The predicted molar refractivity (Wildman–Crippen MR) is 89.9 cm³/mol. The molecule has 2 rings (SSSR count). The number of benzene rings is 2. The van der Waals surface area contributed by atoms with Gasteiger partial charge in [0.05, 0.1) is 5.69 Å². The quantitative estimate of drug-likeness (QED) is 0.505. The Balaban J connectivity index is 2.22. The highest BCUT2D eigenvalue weighted by atomic mass is 16.3. The summed E-state index contributed by atoms with van der Waals surface area (Å²) in [5, 5.41) is 21.5. The Labute approximate surface area is 135 Å². The lowest BCUT2D eigenvalue weighted by molar-refractivity contribution is -0.112. The molecular weight excluding hydrogens is 290 g/mol. The Bertz CT molecular complexity index is 748. The summed E-state index contributed by atoms with van der Waals surface area (Å²) in [5.41, 5.74) is 1.11. The molecule has 0 heterocycles. The molecule has 0 saturated heterocycles.